The highest BCUT2D eigenvalue weighted by atomic mass is 16.7. The third-order valence-electron chi connectivity index (χ3n) is 4.56. The molecule has 124 valence electrons. The van der Waals surface area contributed by atoms with E-state index in [9.17, 15) is 10.1 Å². The van der Waals surface area contributed by atoms with Gasteiger partial charge in [-0.2, -0.15) is 0 Å². The predicted octanol–water partition coefficient (Wildman–Crippen LogP) is 3.39. The van der Waals surface area contributed by atoms with Gasteiger partial charge in [0.2, 0.25) is 0 Å². The van der Waals surface area contributed by atoms with Crippen LogP contribution in [0.25, 0.3) is 0 Å². The monoisotopic (exact) mass is 318 g/mol. The van der Waals surface area contributed by atoms with Crippen LogP contribution in [-0.4, -0.2) is 29.2 Å². The fourth-order valence-electron chi connectivity index (χ4n) is 3.50. The van der Waals surface area contributed by atoms with Crippen LogP contribution in [0.1, 0.15) is 36.8 Å². The number of non-ortho nitro benzene ring substituents is 1. The molecule has 0 N–H and O–H groups in total. The Bertz CT molecular complexity index is 597. The van der Waals surface area contributed by atoms with Gasteiger partial charge in [-0.05, 0) is 12.8 Å². The first-order valence-corrected chi connectivity index (χ1v) is 8.04. The summed E-state index contributed by atoms with van der Waals surface area (Å²) >= 11 is 0. The summed E-state index contributed by atoms with van der Waals surface area (Å²) < 4.78 is 10.9. The lowest BCUT2D eigenvalue weighted by Crippen LogP contribution is -2.33. The zero-order chi connectivity index (χ0) is 16.2. The van der Waals surface area contributed by atoms with Gasteiger partial charge in [0.25, 0.3) is 5.69 Å². The zero-order valence-electron chi connectivity index (χ0n) is 13.2. The van der Waals surface area contributed by atoms with E-state index in [1.54, 1.807) is 12.1 Å². The van der Waals surface area contributed by atoms with Gasteiger partial charge in [0.05, 0.1) is 11.5 Å². The van der Waals surface area contributed by atoms with Crippen LogP contribution in [0, 0.1) is 10.1 Å². The summed E-state index contributed by atoms with van der Waals surface area (Å²) in [5.74, 6) is 0.744. The lowest BCUT2D eigenvalue weighted by Gasteiger charge is -2.29. The zero-order valence-corrected chi connectivity index (χ0v) is 13.2. The van der Waals surface area contributed by atoms with Crippen LogP contribution in [-0.2, 0) is 17.9 Å². The molecule has 0 atom stereocenters. The van der Waals surface area contributed by atoms with Crippen LogP contribution in [0.5, 0.6) is 5.75 Å². The Morgan fingerprint density at radius 1 is 1.39 bits per heavy atom. The molecule has 6 heteroatoms. The number of ether oxygens (including phenoxy) is 2. The number of nitrogens with zero attached hydrogens (tertiary/aromatic N) is 2. The molecule has 0 radical (unpaired) electrons. The molecule has 1 heterocycles. The molecular weight excluding hydrogens is 296 g/mol. The maximum atomic E-state index is 11.2. The second-order valence-electron chi connectivity index (χ2n) is 6.12. The van der Waals surface area contributed by atoms with Crippen LogP contribution >= 0.6 is 0 Å². The minimum Gasteiger partial charge on any atom is -0.467 e. The van der Waals surface area contributed by atoms with Crippen LogP contribution in [0.2, 0.25) is 0 Å². The number of fused-ring (bicyclic) bond motifs is 1. The minimum absolute atomic E-state index is 0.0952. The van der Waals surface area contributed by atoms with Gasteiger partial charge in [-0.25, -0.2) is 0 Å². The molecule has 2 aliphatic rings. The Morgan fingerprint density at radius 3 is 2.87 bits per heavy atom. The number of hydrogen-bond donors (Lipinski definition) is 0. The topological polar surface area (TPSA) is 64.8 Å². The molecule has 1 aromatic carbocycles. The van der Waals surface area contributed by atoms with Crippen molar-refractivity contribution < 1.29 is 14.4 Å². The van der Waals surface area contributed by atoms with Crippen molar-refractivity contribution >= 4 is 5.69 Å². The van der Waals surface area contributed by atoms with Crippen molar-refractivity contribution in [2.75, 3.05) is 13.3 Å². The van der Waals surface area contributed by atoms with Gasteiger partial charge in [-0.1, -0.05) is 18.9 Å². The van der Waals surface area contributed by atoms with E-state index in [4.69, 9.17) is 9.47 Å². The molecule has 1 aliphatic heterocycles. The second-order valence-corrected chi connectivity index (χ2v) is 6.12. The van der Waals surface area contributed by atoms with Gasteiger partial charge < -0.3 is 9.47 Å². The van der Waals surface area contributed by atoms with Gasteiger partial charge in [0, 0.05) is 42.4 Å². The summed E-state index contributed by atoms with van der Waals surface area (Å²) in [5.41, 5.74) is 1.72. The number of rotatable bonds is 6. The average molecular weight is 318 g/mol. The molecule has 1 aromatic rings. The minimum atomic E-state index is -0.355. The highest BCUT2D eigenvalue weighted by Gasteiger charge is 2.26. The van der Waals surface area contributed by atoms with E-state index in [0.717, 1.165) is 23.4 Å². The lowest BCUT2D eigenvalue weighted by atomic mass is 10.0. The summed E-state index contributed by atoms with van der Waals surface area (Å²) in [4.78, 5) is 13.2. The van der Waals surface area contributed by atoms with E-state index >= 15 is 0 Å². The summed E-state index contributed by atoms with van der Waals surface area (Å²) in [6, 6.07) is 3.70. The number of nitro groups is 1. The molecule has 3 rings (SSSR count). The molecule has 0 unspecified atom stereocenters. The molecular formula is C17H22N2O4. The third kappa shape index (κ3) is 3.54. The lowest BCUT2D eigenvalue weighted by molar-refractivity contribution is -0.385. The van der Waals surface area contributed by atoms with Gasteiger partial charge in [-0.3, -0.25) is 15.0 Å². The number of benzene rings is 1. The van der Waals surface area contributed by atoms with E-state index in [2.05, 4.69) is 11.5 Å². The first-order valence-electron chi connectivity index (χ1n) is 8.04. The molecule has 0 bridgehead atoms. The Hall–Kier alpha value is -1.92. The summed E-state index contributed by atoms with van der Waals surface area (Å²) in [6.45, 7) is 5.81. The van der Waals surface area contributed by atoms with Crippen molar-refractivity contribution in [2.24, 2.45) is 0 Å². The van der Waals surface area contributed by atoms with Crippen molar-refractivity contribution in [1.29, 1.82) is 0 Å². The van der Waals surface area contributed by atoms with Crippen LogP contribution in [0.4, 0.5) is 5.69 Å². The molecule has 0 amide bonds. The molecule has 0 aromatic heterocycles. The fraction of sp³-hybridized carbons (Fsp3) is 0.529. The van der Waals surface area contributed by atoms with Gasteiger partial charge in [-0.15, -0.1) is 6.58 Å². The average Bonchev–Trinajstić information content (AvgIpc) is 3.08. The van der Waals surface area contributed by atoms with Crippen molar-refractivity contribution in [1.82, 2.24) is 4.90 Å². The summed E-state index contributed by atoms with van der Waals surface area (Å²) in [5, 5.41) is 11.2. The van der Waals surface area contributed by atoms with E-state index < -0.39 is 0 Å². The molecule has 1 saturated carbocycles. The van der Waals surface area contributed by atoms with Gasteiger partial charge in [0.1, 0.15) is 5.75 Å². The molecule has 23 heavy (non-hydrogen) atoms. The largest absolute Gasteiger partial charge is 0.467 e. The second kappa shape index (κ2) is 7.10. The number of hydrogen-bond acceptors (Lipinski definition) is 5. The predicted molar refractivity (Wildman–Crippen MR) is 86.2 cm³/mol. The van der Waals surface area contributed by atoms with Crippen molar-refractivity contribution in [3.8, 4) is 5.75 Å². The van der Waals surface area contributed by atoms with Crippen molar-refractivity contribution in [3.63, 3.8) is 0 Å². The third-order valence-corrected chi connectivity index (χ3v) is 4.56. The normalized spacial score (nSPS) is 17.8. The first kappa shape index (κ1) is 16.0. The maximum Gasteiger partial charge on any atom is 0.270 e. The highest BCUT2D eigenvalue weighted by molar-refractivity contribution is 5.50. The SMILES string of the molecule is C=CCN(Cc1cc([N+](=O)[O-])cc2c1OCOC2)C1CCCC1. The Labute approximate surface area is 135 Å². The first-order chi connectivity index (χ1) is 11.2. The van der Waals surface area contributed by atoms with Crippen LogP contribution < -0.4 is 4.74 Å². The quantitative estimate of drug-likeness (QED) is 0.457. The maximum absolute atomic E-state index is 11.2. The fourth-order valence-corrected chi connectivity index (χ4v) is 3.50. The molecule has 6 nitrogen and oxygen atoms in total. The van der Waals surface area contributed by atoms with E-state index in [-0.39, 0.29) is 17.4 Å². The van der Waals surface area contributed by atoms with E-state index in [1.165, 1.54) is 25.7 Å². The van der Waals surface area contributed by atoms with E-state index in [1.807, 2.05) is 6.08 Å². The standard InChI is InChI=1S/C17H22N2O4/c1-2-7-18(15-5-3-4-6-15)10-13-8-16(19(20)21)9-14-11-22-12-23-17(13)14/h2,8-9,15H,1,3-7,10-12H2. The van der Waals surface area contributed by atoms with Crippen molar-refractivity contribution in [2.45, 2.75) is 44.9 Å². The van der Waals surface area contributed by atoms with Crippen LogP contribution in [0.3, 0.4) is 0 Å². The molecule has 1 fully saturated rings. The molecule has 1 aliphatic carbocycles. The Morgan fingerprint density at radius 2 is 2.17 bits per heavy atom. The summed E-state index contributed by atoms with van der Waals surface area (Å²) in [6.07, 6.45) is 6.74. The van der Waals surface area contributed by atoms with Gasteiger partial charge >= 0.3 is 0 Å². The molecule has 0 saturated heterocycles. The summed E-state index contributed by atoms with van der Waals surface area (Å²) in [7, 11) is 0. The van der Waals surface area contributed by atoms with Crippen molar-refractivity contribution in [3.05, 3.63) is 46.0 Å². The number of nitro benzene ring substituents is 1. The smallest absolute Gasteiger partial charge is 0.270 e. The molecule has 0 spiro atoms. The Kier molecular flexibility index (Phi) is 4.93. The van der Waals surface area contributed by atoms with Gasteiger partial charge in [0.15, 0.2) is 6.79 Å². The van der Waals surface area contributed by atoms with E-state index in [0.29, 0.717) is 19.2 Å². The van der Waals surface area contributed by atoms with Crippen LogP contribution in [0.15, 0.2) is 24.8 Å². The highest BCUT2D eigenvalue weighted by Crippen LogP contribution is 2.34. The Balaban J connectivity index is 1.91.